The summed E-state index contributed by atoms with van der Waals surface area (Å²) in [5, 5.41) is 15.7. The van der Waals surface area contributed by atoms with Gasteiger partial charge in [-0.05, 0) is 78.4 Å². The molecule has 31 heavy (non-hydrogen) atoms. The molecule has 0 aliphatic rings. The molecule has 0 saturated heterocycles. The van der Waals surface area contributed by atoms with E-state index in [4.69, 9.17) is 0 Å². The molecule has 4 aromatic rings. The number of benzene rings is 4. The molecule has 0 aromatic heterocycles. The van der Waals surface area contributed by atoms with E-state index in [0.29, 0.717) is 0 Å². The summed E-state index contributed by atoms with van der Waals surface area (Å²) in [7, 11) is -2.25. The van der Waals surface area contributed by atoms with Crippen LogP contribution in [0.5, 0.6) is 0 Å². The molecule has 0 spiro atoms. The summed E-state index contributed by atoms with van der Waals surface area (Å²) in [5.41, 5.74) is 2.15. The lowest BCUT2D eigenvalue weighted by molar-refractivity contribution is 0.172. The fourth-order valence-corrected chi connectivity index (χ4v) is 12.0. The van der Waals surface area contributed by atoms with E-state index in [0.717, 1.165) is 5.56 Å². The average molecular weight is 537 g/mol. The van der Waals surface area contributed by atoms with Crippen molar-refractivity contribution in [1.29, 1.82) is 0 Å². The van der Waals surface area contributed by atoms with Crippen molar-refractivity contribution in [3.63, 3.8) is 0 Å². The number of aliphatic hydroxyl groups is 1. The van der Waals surface area contributed by atoms with Crippen molar-refractivity contribution in [3.8, 4) is 0 Å². The van der Waals surface area contributed by atoms with Crippen molar-refractivity contribution in [2.24, 2.45) is 0 Å². The van der Waals surface area contributed by atoms with Crippen molar-refractivity contribution in [1.82, 2.24) is 0 Å². The zero-order valence-corrected chi connectivity index (χ0v) is 20.9. The van der Waals surface area contributed by atoms with E-state index in [1.165, 1.54) is 21.5 Å². The van der Waals surface area contributed by atoms with Crippen LogP contribution in [-0.4, -0.2) is 8.27 Å². The molecule has 0 saturated carbocycles. The molecule has 4 rings (SSSR count). The van der Waals surface area contributed by atoms with Gasteiger partial charge in [-0.2, -0.15) is 0 Å². The first-order chi connectivity index (χ1) is 15.0. The smallest absolute Gasteiger partial charge is 0.170 e. The summed E-state index contributed by atoms with van der Waals surface area (Å²) in [6.45, 7) is 4.30. The molecule has 4 aromatic carbocycles. The Bertz CT molecular complexity index is 1010. The first kappa shape index (κ1) is 22.2. The van der Waals surface area contributed by atoms with Crippen LogP contribution in [0.4, 0.5) is 0 Å². The van der Waals surface area contributed by atoms with Crippen molar-refractivity contribution >= 4 is 45.8 Å². The molecule has 0 heterocycles. The third-order valence-corrected chi connectivity index (χ3v) is 13.5. The third kappa shape index (κ3) is 3.98. The van der Waals surface area contributed by atoms with Crippen LogP contribution in [0.3, 0.4) is 0 Å². The predicted molar refractivity (Wildman–Crippen MR) is 144 cm³/mol. The molecule has 0 bridgehead atoms. The highest BCUT2D eigenvalue weighted by molar-refractivity contribution is 14.1. The number of alkyl halides is 1. The summed E-state index contributed by atoms with van der Waals surface area (Å²) in [5.74, 6) is 0. The average Bonchev–Trinajstić information content (AvgIpc) is 2.81. The Kier molecular flexibility index (Phi) is 6.62. The monoisotopic (exact) mass is 537 g/mol. The zero-order valence-electron chi connectivity index (χ0n) is 17.8. The Balaban J connectivity index is 2.05. The molecular formula is C28H27IOP+. The molecule has 156 valence electrons. The Morgan fingerprint density at radius 2 is 1.00 bits per heavy atom. The number of hydrogen-bond donors (Lipinski definition) is 1. The van der Waals surface area contributed by atoms with Crippen LogP contribution >= 0.6 is 29.9 Å². The second-order valence-electron chi connectivity index (χ2n) is 8.01. The molecule has 1 nitrogen and oxygen atoms in total. The Hall–Kier alpha value is -2.00. The van der Waals surface area contributed by atoms with E-state index in [2.05, 4.69) is 152 Å². The molecule has 0 fully saturated rings. The quantitative estimate of drug-likeness (QED) is 0.177. The van der Waals surface area contributed by atoms with Crippen LogP contribution < -0.4 is 15.9 Å². The molecule has 1 N–H and O–H groups in total. The fourth-order valence-electron chi connectivity index (χ4n) is 4.40. The topological polar surface area (TPSA) is 20.2 Å². The minimum absolute atomic E-state index is 0.482. The number of halogens is 1. The standard InChI is InChI=1S/C28H27IOP/c1-22-18-20-23(21-19-22)27(30)28(2,29)31(24-12-6-3-7-13-24,25-14-8-4-9-15-25)26-16-10-5-11-17-26/h3-21,27,30H,1-2H3/q+1. The summed E-state index contributed by atoms with van der Waals surface area (Å²) in [6, 6.07) is 40.5. The fraction of sp³-hybridized carbons (Fsp3) is 0.143. The molecule has 0 aliphatic heterocycles. The highest BCUT2D eigenvalue weighted by Gasteiger charge is 2.62. The minimum Gasteiger partial charge on any atom is -0.383 e. The molecule has 0 aliphatic carbocycles. The van der Waals surface area contributed by atoms with Gasteiger partial charge in [-0.15, -0.1) is 0 Å². The van der Waals surface area contributed by atoms with Crippen LogP contribution in [-0.2, 0) is 0 Å². The first-order valence-electron chi connectivity index (χ1n) is 10.5. The van der Waals surface area contributed by atoms with Crippen molar-refractivity contribution in [3.05, 3.63) is 126 Å². The minimum atomic E-state index is -2.25. The van der Waals surface area contributed by atoms with Gasteiger partial charge in [0.1, 0.15) is 29.3 Å². The van der Waals surface area contributed by atoms with Crippen LogP contribution in [0.1, 0.15) is 24.2 Å². The van der Waals surface area contributed by atoms with Gasteiger partial charge in [-0.3, -0.25) is 0 Å². The maximum Gasteiger partial charge on any atom is 0.170 e. The summed E-state index contributed by atoms with van der Waals surface area (Å²) in [4.78, 5) is 0. The van der Waals surface area contributed by atoms with E-state index in [9.17, 15) is 5.11 Å². The number of aliphatic hydroxyl groups excluding tert-OH is 1. The third-order valence-electron chi connectivity index (χ3n) is 5.98. The van der Waals surface area contributed by atoms with E-state index in [1.54, 1.807) is 0 Å². The highest BCUT2D eigenvalue weighted by Crippen LogP contribution is 2.72. The van der Waals surface area contributed by atoms with Crippen molar-refractivity contribution < 1.29 is 5.11 Å². The van der Waals surface area contributed by atoms with Crippen molar-refractivity contribution in [2.45, 2.75) is 23.1 Å². The van der Waals surface area contributed by atoms with E-state index < -0.39 is 16.5 Å². The van der Waals surface area contributed by atoms with E-state index in [1.807, 2.05) is 0 Å². The lowest BCUT2D eigenvalue weighted by Gasteiger charge is -2.41. The first-order valence-corrected chi connectivity index (χ1v) is 13.3. The molecular weight excluding hydrogens is 510 g/mol. The van der Waals surface area contributed by atoms with Gasteiger partial charge >= 0.3 is 0 Å². The summed E-state index contributed by atoms with van der Waals surface area (Å²) >= 11 is 2.54. The maximum absolute atomic E-state index is 11.9. The van der Waals surface area contributed by atoms with Crippen molar-refractivity contribution in [2.75, 3.05) is 0 Å². The lowest BCUT2D eigenvalue weighted by atomic mass is 10.1. The van der Waals surface area contributed by atoms with E-state index >= 15 is 0 Å². The largest absolute Gasteiger partial charge is 0.383 e. The van der Waals surface area contributed by atoms with Gasteiger partial charge in [0, 0.05) is 0 Å². The molecule has 2 atom stereocenters. The molecule has 2 unspecified atom stereocenters. The number of aryl methyl sites for hydroxylation is 1. The lowest BCUT2D eigenvalue weighted by Crippen LogP contribution is -2.45. The molecule has 3 heteroatoms. The van der Waals surface area contributed by atoms with Gasteiger partial charge in [-0.1, -0.05) is 84.4 Å². The second-order valence-corrected chi connectivity index (χ2v) is 14.9. The predicted octanol–water partition coefficient (Wildman–Crippen LogP) is 6.17. The van der Waals surface area contributed by atoms with E-state index in [-0.39, 0.29) is 0 Å². The Labute approximate surface area is 199 Å². The molecule has 0 radical (unpaired) electrons. The summed E-state index contributed by atoms with van der Waals surface area (Å²) in [6.07, 6.45) is -0.636. The van der Waals surface area contributed by atoms with Gasteiger partial charge in [0.2, 0.25) is 0 Å². The Morgan fingerprint density at radius 1 is 0.645 bits per heavy atom. The summed E-state index contributed by atoms with van der Waals surface area (Å²) < 4.78 is -0.482. The van der Waals surface area contributed by atoms with Gasteiger partial charge in [0.05, 0.1) is 0 Å². The van der Waals surface area contributed by atoms with Gasteiger partial charge in [0.25, 0.3) is 0 Å². The van der Waals surface area contributed by atoms with Gasteiger partial charge < -0.3 is 5.11 Å². The Morgan fingerprint density at radius 3 is 1.35 bits per heavy atom. The van der Waals surface area contributed by atoms with Gasteiger partial charge in [-0.25, -0.2) is 0 Å². The van der Waals surface area contributed by atoms with Crippen LogP contribution in [0.15, 0.2) is 115 Å². The molecule has 0 amide bonds. The number of hydrogen-bond acceptors (Lipinski definition) is 1. The highest BCUT2D eigenvalue weighted by atomic mass is 127. The normalized spacial score (nSPS) is 14.6. The second kappa shape index (κ2) is 9.24. The maximum atomic E-state index is 11.9. The van der Waals surface area contributed by atoms with Crippen LogP contribution in [0, 0.1) is 6.92 Å². The van der Waals surface area contributed by atoms with Gasteiger partial charge in [0.15, 0.2) is 3.16 Å². The number of rotatable bonds is 6. The zero-order chi connectivity index (χ0) is 21.9. The SMILES string of the molecule is Cc1ccc(C(O)C(C)(I)[P+](c2ccccc2)(c2ccccc2)c2ccccc2)cc1. The van der Waals surface area contributed by atoms with Crippen LogP contribution in [0.25, 0.3) is 0 Å². The van der Waals surface area contributed by atoms with Crippen LogP contribution in [0.2, 0.25) is 0 Å².